The van der Waals surface area contributed by atoms with E-state index >= 15 is 0 Å². The van der Waals surface area contributed by atoms with Gasteiger partial charge in [-0.25, -0.2) is 4.79 Å². The second-order valence-electron chi connectivity index (χ2n) is 8.83. The monoisotopic (exact) mass is 454 g/mol. The topological polar surface area (TPSA) is 142 Å². The fraction of sp³-hybridized carbons (Fsp3) is 0.750. The van der Waals surface area contributed by atoms with Crippen molar-refractivity contribution in [1.82, 2.24) is 20.4 Å². The second-order valence-corrected chi connectivity index (χ2v) is 10.2. The average Bonchev–Trinajstić information content (AvgIpc) is 3.29. The largest absolute Gasteiger partial charge is 0.477 e. The molecule has 7 atom stereocenters. The standard InChI is InChI=1S/C20H30N4O6S/c1-9-15-14(10(2)26)19(28)24(15)16(20(29)30)17(9)31-12-5-13(22-6-12)18(27)23-4-3-21-11(7-23)8-25/h9-15,21-22,25-26H,3-8H2,1-2H3,(H,29,30)/t9-,10-,11?,12+,13+,14-,15-/m1/s1. The molecule has 3 fully saturated rings. The number of rotatable bonds is 6. The maximum atomic E-state index is 12.9. The molecule has 0 saturated carbocycles. The van der Waals surface area contributed by atoms with Crippen molar-refractivity contribution in [3.05, 3.63) is 10.6 Å². The van der Waals surface area contributed by atoms with Crippen LogP contribution < -0.4 is 10.6 Å². The molecule has 172 valence electrons. The first-order valence-electron chi connectivity index (χ1n) is 10.8. The molecular formula is C20H30N4O6S. The summed E-state index contributed by atoms with van der Waals surface area (Å²) in [7, 11) is 0. The van der Waals surface area contributed by atoms with Gasteiger partial charge in [0, 0.05) is 48.3 Å². The maximum absolute atomic E-state index is 12.9. The molecule has 10 nitrogen and oxygen atoms in total. The molecule has 1 unspecified atom stereocenters. The molecule has 31 heavy (non-hydrogen) atoms. The van der Waals surface area contributed by atoms with Gasteiger partial charge in [0.15, 0.2) is 0 Å². The van der Waals surface area contributed by atoms with Gasteiger partial charge in [0.25, 0.3) is 0 Å². The van der Waals surface area contributed by atoms with E-state index in [9.17, 15) is 29.7 Å². The van der Waals surface area contributed by atoms with Crippen molar-refractivity contribution in [2.24, 2.45) is 11.8 Å². The van der Waals surface area contributed by atoms with E-state index in [0.717, 1.165) is 0 Å². The van der Waals surface area contributed by atoms with Crippen molar-refractivity contribution in [3.63, 3.8) is 0 Å². The third kappa shape index (κ3) is 3.86. The van der Waals surface area contributed by atoms with E-state index in [0.29, 0.717) is 37.5 Å². The molecule has 4 aliphatic heterocycles. The number of aliphatic hydroxyl groups excluding tert-OH is 2. The lowest BCUT2D eigenvalue weighted by Crippen LogP contribution is -2.63. The molecule has 0 spiro atoms. The van der Waals surface area contributed by atoms with Gasteiger partial charge in [-0.15, -0.1) is 11.8 Å². The van der Waals surface area contributed by atoms with Crippen LogP contribution in [0.25, 0.3) is 0 Å². The van der Waals surface area contributed by atoms with E-state index in [1.54, 1.807) is 11.8 Å². The number of hydrogen-bond acceptors (Lipinski definition) is 8. The summed E-state index contributed by atoms with van der Waals surface area (Å²) in [5.74, 6) is -2.23. The minimum atomic E-state index is -1.14. The molecule has 2 amide bonds. The van der Waals surface area contributed by atoms with E-state index in [-0.39, 0.29) is 53.4 Å². The summed E-state index contributed by atoms with van der Waals surface area (Å²) in [6.45, 7) is 5.72. The number of thioether (sulfide) groups is 1. The van der Waals surface area contributed by atoms with Crippen molar-refractivity contribution < 1.29 is 29.7 Å². The molecular weight excluding hydrogens is 424 g/mol. The van der Waals surface area contributed by atoms with Gasteiger partial charge in [0.2, 0.25) is 11.8 Å². The van der Waals surface area contributed by atoms with Crippen LogP contribution in [-0.2, 0) is 14.4 Å². The molecule has 3 saturated heterocycles. The Hall–Kier alpha value is -1.66. The predicted octanol–water partition coefficient (Wildman–Crippen LogP) is -1.60. The van der Waals surface area contributed by atoms with Gasteiger partial charge >= 0.3 is 5.97 Å². The van der Waals surface area contributed by atoms with Gasteiger partial charge in [0.05, 0.1) is 30.7 Å². The molecule has 11 heteroatoms. The lowest BCUT2D eigenvalue weighted by Gasteiger charge is -2.46. The van der Waals surface area contributed by atoms with Gasteiger partial charge in [0.1, 0.15) is 5.70 Å². The highest BCUT2D eigenvalue weighted by Gasteiger charge is 2.60. The van der Waals surface area contributed by atoms with Crippen molar-refractivity contribution in [2.75, 3.05) is 32.8 Å². The van der Waals surface area contributed by atoms with E-state index in [1.165, 1.54) is 16.7 Å². The number of aliphatic hydroxyl groups is 2. The highest BCUT2D eigenvalue weighted by Crippen LogP contribution is 2.51. The molecule has 0 bridgehead atoms. The molecule has 4 heterocycles. The third-order valence-electron chi connectivity index (χ3n) is 6.78. The van der Waals surface area contributed by atoms with Crippen LogP contribution in [0.3, 0.4) is 0 Å². The van der Waals surface area contributed by atoms with Crippen LogP contribution in [0.1, 0.15) is 20.3 Å². The van der Waals surface area contributed by atoms with Gasteiger partial charge < -0.3 is 35.8 Å². The number of piperazine rings is 1. The number of carboxylic acid groups (broad SMARTS) is 1. The van der Waals surface area contributed by atoms with Crippen LogP contribution in [-0.4, -0.2) is 105 Å². The zero-order valence-electron chi connectivity index (χ0n) is 17.7. The Balaban J connectivity index is 1.43. The number of β-lactam (4-membered cyclic amide) rings is 1. The van der Waals surface area contributed by atoms with Crippen LogP contribution in [0, 0.1) is 11.8 Å². The average molecular weight is 455 g/mol. The summed E-state index contributed by atoms with van der Waals surface area (Å²) in [5, 5.41) is 35.5. The molecule has 0 aromatic heterocycles. The maximum Gasteiger partial charge on any atom is 0.353 e. The lowest BCUT2D eigenvalue weighted by atomic mass is 9.79. The van der Waals surface area contributed by atoms with Crippen molar-refractivity contribution in [2.45, 2.75) is 49.7 Å². The van der Waals surface area contributed by atoms with Gasteiger partial charge in [-0.2, -0.15) is 0 Å². The number of carboxylic acids is 1. The fourth-order valence-corrected chi connectivity index (χ4v) is 6.69. The number of amides is 2. The summed E-state index contributed by atoms with van der Waals surface area (Å²) in [6, 6.07) is -0.788. The molecule has 0 aliphatic carbocycles. The molecule has 4 aliphatic rings. The van der Waals surface area contributed by atoms with Crippen LogP contribution in [0.5, 0.6) is 0 Å². The Bertz CT molecular complexity index is 805. The van der Waals surface area contributed by atoms with Crippen LogP contribution >= 0.6 is 11.8 Å². The molecule has 0 radical (unpaired) electrons. The summed E-state index contributed by atoms with van der Waals surface area (Å²) in [5.41, 5.74) is 0.0204. The highest BCUT2D eigenvalue weighted by molar-refractivity contribution is 8.03. The lowest BCUT2D eigenvalue weighted by molar-refractivity contribution is -0.163. The second kappa shape index (κ2) is 8.70. The normalized spacial score (nSPS) is 36.5. The summed E-state index contributed by atoms with van der Waals surface area (Å²) in [4.78, 5) is 41.1. The van der Waals surface area contributed by atoms with Gasteiger partial charge in [-0.3, -0.25) is 9.59 Å². The summed E-state index contributed by atoms with van der Waals surface area (Å²) >= 11 is 1.43. The van der Waals surface area contributed by atoms with Crippen LogP contribution in [0.15, 0.2) is 10.6 Å². The van der Waals surface area contributed by atoms with E-state index in [2.05, 4.69) is 10.6 Å². The van der Waals surface area contributed by atoms with Gasteiger partial charge in [-0.1, -0.05) is 6.92 Å². The number of fused-ring (bicyclic) bond motifs is 1. The summed E-state index contributed by atoms with van der Waals surface area (Å²) < 4.78 is 0. The van der Waals surface area contributed by atoms with Crippen molar-refractivity contribution in [1.29, 1.82) is 0 Å². The SMILES string of the molecule is C[C@@H](O)[C@H]1C(=O)N2C(C(=O)O)=C(S[C@@H]3CN[C@H](C(=O)N4CCNC(CO)C4)C3)[C@H](C)[C@H]12. The Labute approximate surface area is 185 Å². The van der Waals surface area contributed by atoms with E-state index in [1.807, 2.05) is 6.92 Å². The minimum Gasteiger partial charge on any atom is -0.477 e. The predicted molar refractivity (Wildman–Crippen MR) is 113 cm³/mol. The van der Waals surface area contributed by atoms with Crippen molar-refractivity contribution in [3.8, 4) is 0 Å². The quantitative estimate of drug-likeness (QED) is 0.300. The molecule has 5 N–H and O–H groups in total. The first-order chi connectivity index (χ1) is 14.7. The smallest absolute Gasteiger partial charge is 0.353 e. The first kappa shape index (κ1) is 22.5. The number of carbonyl (C=O) groups excluding carboxylic acids is 2. The first-order valence-corrected chi connectivity index (χ1v) is 11.6. The van der Waals surface area contributed by atoms with Gasteiger partial charge in [-0.05, 0) is 13.3 Å². The number of hydrogen-bond donors (Lipinski definition) is 5. The van der Waals surface area contributed by atoms with Crippen molar-refractivity contribution >= 4 is 29.5 Å². The molecule has 4 rings (SSSR count). The summed E-state index contributed by atoms with van der Waals surface area (Å²) in [6.07, 6.45) is -0.258. The Morgan fingerprint density at radius 1 is 1.32 bits per heavy atom. The fourth-order valence-electron chi connectivity index (χ4n) is 5.21. The molecule has 0 aromatic rings. The van der Waals surface area contributed by atoms with Crippen LogP contribution in [0.4, 0.5) is 0 Å². The Morgan fingerprint density at radius 2 is 2.06 bits per heavy atom. The zero-order valence-corrected chi connectivity index (χ0v) is 18.5. The number of nitrogens with one attached hydrogen (secondary N) is 2. The number of nitrogens with zero attached hydrogens (tertiary/aromatic N) is 2. The number of aliphatic carboxylic acids is 1. The zero-order chi connectivity index (χ0) is 22.4. The van der Waals surface area contributed by atoms with E-state index < -0.39 is 18.0 Å². The Kier molecular flexibility index (Phi) is 6.32. The minimum absolute atomic E-state index is 0.00289. The Morgan fingerprint density at radius 3 is 2.71 bits per heavy atom. The van der Waals surface area contributed by atoms with Crippen LogP contribution in [0.2, 0.25) is 0 Å². The third-order valence-corrected chi connectivity index (χ3v) is 8.29. The van der Waals surface area contributed by atoms with E-state index in [4.69, 9.17) is 0 Å². The highest BCUT2D eigenvalue weighted by atomic mass is 32.2. The number of carbonyl (C=O) groups is 3. The molecule has 0 aromatic carbocycles.